The molecule has 2 rings (SSSR count). The molecule has 0 N–H and O–H groups in total. The third-order valence-corrected chi connectivity index (χ3v) is 2.84. The van der Waals surface area contributed by atoms with Gasteiger partial charge in [-0.3, -0.25) is 0 Å². The minimum absolute atomic E-state index is 0.236. The summed E-state index contributed by atoms with van der Waals surface area (Å²) < 4.78 is 13.5. The van der Waals surface area contributed by atoms with Gasteiger partial charge < -0.3 is 0 Å². The standard InChI is InChI=1S/C16H15F.C2H6/c1-12-3-6-14(7-4-12)8-10-15-9-5-13(2)11-16(15)17;1-2/h3,5-6,9,11H,4,7H2,1-2H3;1-2H3. The summed E-state index contributed by atoms with van der Waals surface area (Å²) in [6.45, 7) is 7.98. The van der Waals surface area contributed by atoms with Crippen molar-refractivity contribution in [3.63, 3.8) is 0 Å². The van der Waals surface area contributed by atoms with E-state index < -0.39 is 0 Å². The molecule has 0 heterocycles. The van der Waals surface area contributed by atoms with Crippen LogP contribution >= 0.6 is 0 Å². The second kappa shape index (κ2) is 7.59. The van der Waals surface area contributed by atoms with E-state index in [9.17, 15) is 4.39 Å². The van der Waals surface area contributed by atoms with Crippen molar-refractivity contribution in [2.45, 2.75) is 40.5 Å². The van der Waals surface area contributed by atoms with Crippen molar-refractivity contribution in [2.75, 3.05) is 0 Å². The first kappa shape index (κ1) is 15.2. The van der Waals surface area contributed by atoms with E-state index in [2.05, 4.69) is 24.8 Å². The molecule has 1 aromatic carbocycles. The Morgan fingerprint density at radius 1 is 1.00 bits per heavy atom. The van der Waals surface area contributed by atoms with E-state index in [1.807, 2.05) is 32.9 Å². The minimum Gasteiger partial charge on any atom is -0.206 e. The van der Waals surface area contributed by atoms with Gasteiger partial charge in [-0.1, -0.05) is 49.5 Å². The summed E-state index contributed by atoms with van der Waals surface area (Å²) in [7, 11) is 0. The van der Waals surface area contributed by atoms with Crippen molar-refractivity contribution < 1.29 is 4.39 Å². The fourth-order valence-electron chi connectivity index (χ4n) is 1.71. The van der Waals surface area contributed by atoms with E-state index >= 15 is 0 Å². The number of aryl methyl sites for hydroxylation is 1. The predicted octanol–water partition coefficient (Wildman–Crippen LogP) is 5.18. The summed E-state index contributed by atoms with van der Waals surface area (Å²) in [5.41, 5.74) is 3.85. The van der Waals surface area contributed by atoms with Gasteiger partial charge in [-0.15, -0.1) is 0 Å². The van der Waals surface area contributed by atoms with E-state index in [1.54, 1.807) is 6.07 Å². The van der Waals surface area contributed by atoms with E-state index in [1.165, 1.54) is 11.6 Å². The van der Waals surface area contributed by atoms with Crippen LogP contribution in [-0.4, -0.2) is 0 Å². The Kier molecular flexibility index (Phi) is 6.09. The van der Waals surface area contributed by atoms with Crippen LogP contribution in [0.15, 0.2) is 41.5 Å². The van der Waals surface area contributed by atoms with Gasteiger partial charge in [0.25, 0.3) is 0 Å². The monoisotopic (exact) mass is 256 g/mol. The maximum absolute atomic E-state index is 13.5. The molecule has 1 aliphatic carbocycles. The Bertz CT molecular complexity index is 551. The zero-order valence-corrected chi connectivity index (χ0v) is 12.2. The highest BCUT2D eigenvalue weighted by Crippen LogP contribution is 2.17. The molecule has 100 valence electrons. The number of halogens is 1. The van der Waals surface area contributed by atoms with Gasteiger partial charge in [-0.05, 0) is 44.4 Å². The average molecular weight is 256 g/mol. The van der Waals surface area contributed by atoms with Gasteiger partial charge in [0.05, 0.1) is 5.56 Å². The zero-order chi connectivity index (χ0) is 14.3. The highest BCUT2D eigenvalue weighted by molar-refractivity contribution is 5.44. The molecule has 19 heavy (non-hydrogen) atoms. The van der Waals surface area contributed by atoms with Crippen LogP contribution in [0, 0.1) is 24.6 Å². The number of hydrogen-bond donors (Lipinski definition) is 0. The molecule has 1 heteroatoms. The Morgan fingerprint density at radius 3 is 2.32 bits per heavy atom. The molecule has 0 bridgehead atoms. The Labute approximate surface area is 116 Å². The smallest absolute Gasteiger partial charge is 0.139 e. The fraction of sp³-hybridized carbons (Fsp3) is 0.333. The SMILES string of the molecule is CC.CC1=CC=C(C#Cc2ccc(C)cc2F)CC1. The molecule has 0 atom stereocenters. The molecule has 0 saturated carbocycles. The largest absolute Gasteiger partial charge is 0.206 e. The normalized spacial score (nSPS) is 13.3. The molecule has 1 aliphatic rings. The first-order valence-electron chi connectivity index (χ1n) is 6.79. The van der Waals surface area contributed by atoms with Crippen LogP contribution in [0.25, 0.3) is 0 Å². The van der Waals surface area contributed by atoms with Crippen molar-refractivity contribution in [1.29, 1.82) is 0 Å². The van der Waals surface area contributed by atoms with E-state index in [0.29, 0.717) is 5.56 Å². The first-order valence-corrected chi connectivity index (χ1v) is 6.79. The predicted molar refractivity (Wildman–Crippen MR) is 80.4 cm³/mol. The van der Waals surface area contributed by atoms with Gasteiger partial charge in [0, 0.05) is 5.57 Å². The second-order valence-electron chi connectivity index (χ2n) is 4.44. The van der Waals surface area contributed by atoms with Crippen molar-refractivity contribution in [2.24, 2.45) is 0 Å². The third-order valence-electron chi connectivity index (χ3n) is 2.84. The van der Waals surface area contributed by atoms with Crippen LogP contribution in [0.3, 0.4) is 0 Å². The number of hydrogen-bond acceptors (Lipinski definition) is 0. The van der Waals surface area contributed by atoms with Crippen LogP contribution < -0.4 is 0 Å². The van der Waals surface area contributed by atoms with Gasteiger partial charge in [0.2, 0.25) is 0 Å². The van der Waals surface area contributed by atoms with Gasteiger partial charge >= 0.3 is 0 Å². The number of allylic oxidation sites excluding steroid dienone is 4. The zero-order valence-electron chi connectivity index (χ0n) is 12.2. The summed E-state index contributed by atoms with van der Waals surface area (Å²) in [4.78, 5) is 0. The van der Waals surface area contributed by atoms with Gasteiger partial charge in [0.15, 0.2) is 0 Å². The maximum Gasteiger partial charge on any atom is 0.139 e. The van der Waals surface area contributed by atoms with Crippen LogP contribution in [0.4, 0.5) is 4.39 Å². The van der Waals surface area contributed by atoms with Gasteiger partial charge in [-0.2, -0.15) is 0 Å². The molecule has 0 aliphatic heterocycles. The van der Waals surface area contributed by atoms with Crippen LogP contribution in [0.5, 0.6) is 0 Å². The van der Waals surface area contributed by atoms with Crippen molar-refractivity contribution in [3.8, 4) is 11.8 Å². The topological polar surface area (TPSA) is 0 Å². The van der Waals surface area contributed by atoms with Crippen molar-refractivity contribution in [1.82, 2.24) is 0 Å². The third kappa shape index (κ3) is 4.75. The summed E-state index contributed by atoms with van der Waals surface area (Å²) in [5.74, 6) is 5.71. The van der Waals surface area contributed by atoms with Crippen LogP contribution in [0.1, 0.15) is 44.7 Å². The molecular formula is C18H21F. The molecule has 0 amide bonds. The lowest BCUT2D eigenvalue weighted by Crippen LogP contribution is -1.89. The number of benzene rings is 1. The Hall–Kier alpha value is -1.81. The molecule has 0 fully saturated rings. The van der Waals surface area contributed by atoms with Gasteiger partial charge in [0.1, 0.15) is 5.82 Å². The van der Waals surface area contributed by atoms with E-state index in [-0.39, 0.29) is 5.82 Å². The second-order valence-corrected chi connectivity index (χ2v) is 4.44. The fourth-order valence-corrected chi connectivity index (χ4v) is 1.71. The lowest BCUT2D eigenvalue weighted by Gasteiger charge is -2.05. The molecule has 0 spiro atoms. The van der Waals surface area contributed by atoms with Crippen molar-refractivity contribution >= 4 is 0 Å². The highest BCUT2D eigenvalue weighted by atomic mass is 19.1. The number of rotatable bonds is 0. The first-order chi connectivity index (χ1) is 9.15. The Balaban J connectivity index is 0.000000861. The van der Waals surface area contributed by atoms with Crippen molar-refractivity contribution in [3.05, 3.63) is 58.4 Å². The lowest BCUT2D eigenvalue weighted by atomic mass is 9.99. The summed E-state index contributed by atoms with van der Waals surface area (Å²) in [6, 6.07) is 5.14. The molecule has 0 radical (unpaired) electrons. The van der Waals surface area contributed by atoms with Crippen LogP contribution in [-0.2, 0) is 0 Å². The maximum atomic E-state index is 13.5. The molecule has 0 saturated heterocycles. The lowest BCUT2D eigenvalue weighted by molar-refractivity contribution is 0.623. The Morgan fingerprint density at radius 2 is 1.74 bits per heavy atom. The van der Waals surface area contributed by atoms with E-state index in [0.717, 1.165) is 24.0 Å². The quantitative estimate of drug-likeness (QED) is 0.561. The minimum atomic E-state index is -0.236. The summed E-state index contributed by atoms with van der Waals surface area (Å²) in [5, 5.41) is 0. The summed E-state index contributed by atoms with van der Waals surface area (Å²) >= 11 is 0. The molecule has 0 nitrogen and oxygen atoms in total. The molecular weight excluding hydrogens is 235 g/mol. The average Bonchev–Trinajstić information content (AvgIpc) is 2.42. The molecule has 1 aromatic rings. The highest BCUT2D eigenvalue weighted by Gasteiger charge is 2.01. The summed E-state index contributed by atoms with van der Waals surface area (Å²) in [6.07, 6.45) is 6.12. The van der Waals surface area contributed by atoms with E-state index in [4.69, 9.17) is 0 Å². The van der Waals surface area contributed by atoms with Gasteiger partial charge in [-0.25, -0.2) is 4.39 Å². The van der Waals surface area contributed by atoms with Crippen LogP contribution in [0.2, 0.25) is 0 Å². The molecule has 0 aromatic heterocycles. The molecule has 0 unspecified atom stereocenters.